The molecule has 0 saturated heterocycles. The molecule has 306 valence electrons. The van der Waals surface area contributed by atoms with Gasteiger partial charge in [-0.05, 0) is 77.6 Å². The molecule has 3 aliphatic rings. The van der Waals surface area contributed by atoms with Crippen molar-refractivity contribution in [1.29, 1.82) is 0 Å². The summed E-state index contributed by atoms with van der Waals surface area (Å²) in [6.45, 7) is 2.86. The van der Waals surface area contributed by atoms with Crippen molar-refractivity contribution in [1.82, 2.24) is 14.9 Å². The summed E-state index contributed by atoms with van der Waals surface area (Å²) < 4.78 is 15.3. The number of aryl methyl sites for hydroxylation is 1. The average molecular weight is 793 g/mol. The molecule has 9 nitrogen and oxygen atoms in total. The molecule has 1 spiro atoms. The molecule has 1 saturated carbocycles. The zero-order valence-corrected chi connectivity index (χ0v) is 34.0. The van der Waals surface area contributed by atoms with E-state index in [1.54, 1.807) is 0 Å². The molecular formula is C50H56N4O5. The first-order valence-corrected chi connectivity index (χ1v) is 21.5. The maximum Gasteiger partial charge on any atom is 0.191 e. The molecule has 0 radical (unpaired) electrons. The number of H-pyrrole nitrogens is 1. The minimum absolute atomic E-state index is 0.0475. The van der Waals surface area contributed by atoms with E-state index in [9.17, 15) is 15.0 Å². The van der Waals surface area contributed by atoms with E-state index < -0.39 is 29.8 Å². The topological polar surface area (TPSA) is 135 Å². The number of unbranched alkanes of at least 4 members (excludes halogenated alkanes) is 2. The van der Waals surface area contributed by atoms with E-state index in [2.05, 4.69) is 76.3 Å². The van der Waals surface area contributed by atoms with Gasteiger partial charge in [0, 0.05) is 49.8 Å². The van der Waals surface area contributed by atoms with Crippen molar-refractivity contribution in [2.24, 2.45) is 17.1 Å². The number of aromatic amines is 1. The van der Waals surface area contributed by atoms with Gasteiger partial charge in [0.05, 0.1) is 29.1 Å². The summed E-state index contributed by atoms with van der Waals surface area (Å²) in [5, 5.41) is 26.9. The molecule has 3 aromatic carbocycles. The van der Waals surface area contributed by atoms with Crippen LogP contribution < -0.4 is 20.5 Å². The van der Waals surface area contributed by atoms with Crippen LogP contribution in [0.15, 0.2) is 85.3 Å². The number of benzene rings is 3. The molecule has 59 heavy (non-hydrogen) atoms. The number of hydrogen-bond acceptors (Lipinski definition) is 7. The molecule has 5 unspecified atom stereocenters. The van der Waals surface area contributed by atoms with Gasteiger partial charge in [-0.1, -0.05) is 111 Å². The normalized spacial score (nSPS) is 20.0. The van der Waals surface area contributed by atoms with Crippen LogP contribution in [0.25, 0.3) is 10.9 Å². The molecule has 8 rings (SSSR count). The lowest BCUT2D eigenvalue weighted by Crippen LogP contribution is -2.35. The number of Topliss-reactive ketones (excluding diaryl/α,β-unsaturated/α-hetero) is 1. The first kappa shape index (κ1) is 40.5. The highest BCUT2D eigenvalue weighted by molar-refractivity contribution is 5.83. The number of nitrogens with two attached hydrogens (primary N) is 1. The number of ketones is 1. The number of rotatable bonds is 14. The van der Waals surface area contributed by atoms with Gasteiger partial charge >= 0.3 is 0 Å². The number of aliphatic hydroxyl groups is 2. The van der Waals surface area contributed by atoms with Crippen molar-refractivity contribution in [3.63, 3.8) is 0 Å². The Kier molecular flexibility index (Phi) is 12.6. The van der Waals surface area contributed by atoms with E-state index in [0.29, 0.717) is 37.2 Å². The van der Waals surface area contributed by atoms with Gasteiger partial charge in [-0.15, -0.1) is 0 Å². The molecule has 2 aromatic heterocycles. The van der Waals surface area contributed by atoms with Crippen LogP contribution in [0.4, 0.5) is 0 Å². The molecule has 2 bridgehead atoms. The summed E-state index contributed by atoms with van der Waals surface area (Å²) in [5.74, 6) is 11.0. The second kappa shape index (κ2) is 18.3. The minimum Gasteiger partial charge on any atom is -0.465 e. The number of aromatic nitrogens is 2. The van der Waals surface area contributed by atoms with Crippen molar-refractivity contribution in [2.75, 3.05) is 6.54 Å². The van der Waals surface area contributed by atoms with E-state index >= 15 is 0 Å². The van der Waals surface area contributed by atoms with E-state index in [1.807, 2.05) is 54.7 Å². The number of nitrogens with one attached hydrogen (secondary N) is 2. The fourth-order valence-corrected chi connectivity index (χ4v) is 9.09. The molecular weight excluding hydrogens is 737 g/mol. The monoisotopic (exact) mass is 792 g/mol. The van der Waals surface area contributed by atoms with Crippen molar-refractivity contribution >= 4 is 16.7 Å². The highest BCUT2D eigenvalue weighted by Crippen LogP contribution is 2.50. The second-order valence-electron chi connectivity index (χ2n) is 16.7. The maximum absolute atomic E-state index is 12.9. The standard InChI is InChI=1S/C50H56N4O5/c1-2-3-5-12-39(55)30-40(56)16-13-35-14-20-46-47(27-35)59-49-43(50(24-26-58-46)22-8-9-23-50)18-19-45(57)41-17-15-36(48(51)52-25-21-34-10-6-4-7-11-34)28-37(41)29-38-31-53-44-33-54(49)32-42(38)44/h4,6-7,10-11,14-15,17,20,27-28,31-33,39,43,45,48-49,52-53,55,57H,2-3,5,8-9,12-13,16,21-23,25,29-30,51H2,1H3. The zero-order valence-electron chi connectivity index (χ0n) is 34.0. The number of fused-ring (bicyclic) bond motifs is 6. The van der Waals surface area contributed by atoms with Crippen LogP contribution in [0.1, 0.15) is 123 Å². The Labute approximate surface area is 347 Å². The zero-order chi connectivity index (χ0) is 40.8. The molecule has 1 fully saturated rings. The van der Waals surface area contributed by atoms with Gasteiger partial charge in [0.15, 0.2) is 17.7 Å². The van der Waals surface area contributed by atoms with Gasteiger partial charge in [0.25, 0.3) is 0 Å². The quantitative estimate of drug-likeness (QED) is 0.0434. The van der Waals surface area contributed by atoms with Crippen LogP contribution in [0.3, 0.4) is 0 Å². The van der Waals surface area contributed by atoms with Crippen LogP contribution in [-0.2, 0) is 24.1 Å². The Morgan fingerprint density at radius 2 is 1.85 bits per heavy atom. The van der Waals surface area contributed by atoms with Crippen LogP contribution in [0, 0.1) is 35.2 Å². The van der Waals surface area contributed by atoms with Crippen LogP contribution >= 0.6 is 0 Å². The Hall–Kier alpha value is -5.29. The summed E-state index contributed by atoms with van der Waals surface area (Å²) in [4.78, 5) is 16.4. The average Bonchev–Trinajstić information content (AvgIpc) is 3.99. The van der Waals surface area contributed by atoms with Gasteiger partial charge in [0.2, 0.25) is 0 Å². The molecule has 9 heteroatoms. The Morgan fingerprint density at radius 1 is 1.00 bits per heavy atom. The van der Waals surface area contributed by atoms with Crippen molar-refractivity contribution in [3.8, 4) is 35.4 Å². The van der Waals surface area contributed by atoms with E-state index in [4.69, 9.17) is 15.2 Å². The Morgan fingerprint density at radius 3 is 2.68 bits per heavy atom. The Bertz CT molecular complexity index is 2370. The van der Waals surface area contributed by atoms with E-state index in [-0.39, 0.29) is 18.4 Å². The van der Waals surface area contributed by atoms with E-state index in [0.717, 1.165) is 96.6 Å². The maximum atomic E-state index is 12.9. The highest BCUT2D eigenvalue weighted by atomic mass is 16.5. The second-order valence-corrected chi connectivity index (χ2v) is 16.7. The number of aliphatic hydroxyl groups excluding tert-OH is 2. The first-order chi connectivity index (χ1) is 28.8. The molecule has 5 atom stereocenters. The molecule has 5 aromatic rings. The molecule has 6 N–H and O–H groups in total. The SMILES string of the molecule is CCCCCC(O)CC(=O)CCc1ccc2c(c1)OC1C(C#CC(O)c3ccc(C(N)NCCc4ccccc4)cc3Cc3c[nH]c4cn1cc34)C1(C#CO2)CCCC1. The summed E-state index contributed by atoms with van der Waals surface area (Å²) in [6.07, 6.45) is 16.5. The summed E-state index contributed by atoms with van der Waals surface area (Å²) >= 11 is 0. The Balaban J connectivity index is 1.10. The minimum atomic E-state index is -1.05. The number of ether oxygens (including phenoxy) is 2. The number of carbonyl (C=O) groups is 1. The predicted molar refractivity (Wildman–Crippen MR) is 230 cm³/mol. The number of nitrogens with zero attached hydrogens (tertiary/aromatic N) is 1. The van der Waals surface area contributed by atoms with Crippen LogP contribution in [-0.4, -0.2) is 38.2 Å². The van der Waals surface area contributed by atoms with E-state index in [1.165, 1.54) is 5.56 Å². The van der Waals surface area contributed by atoms with Crippen molar-refractivity contribution in [3.05, 3.63) is 119 Å². The lowest BCUT2D eigenvalue weighted by Gasteiger charge is -2.35. The highest BCUT2D eigenvalue weighted by Gasteiger charge is 2.46. The number of carbonyl (C=O) groups excluding carboxylic acids is 1. The van der Waals surface area contributed by atoms with Crippen LogP contribution in [0.2, 0.25) is 0 Å². The summed E-state index contributed by atoms with van der Waals surface area (Å²) in [5.41, 5.74) is 13.1. The van der Waals surface area contributed by atoms with Gasteiger partial charge in [0.1, 0.15) is 18.0 Å². The predicted octanol–water partition coefficient (Wildman–Crippen LogP) is 8.34. The van der Waals surface area contributed by atoms with Crippen molar-refractivity contribution < 1.29 is 24.5 Å². The third-order valence-electron chi connectivity index (χ3n) is 12.5. The molecule has 4 heterocycles. The smallest absolute Gasteiger partial charge is 0.191 e. The lowest BCUT2D eigenvalue weighted by molar-refractivity contribution is -0.121. The van der Waals surface area contributed by atoms with Crippen LogP contribution in [0.5, 0.6) is 11.5 Å². The lowest BCUT2D eigenvalue weighted by atomic mass is 9.73. The molecule has 0 amide bonds. The number of hydrogen-bond donors (Lipinski definition) is 5. The van der Waals surface area contributed by atoms with Gasteiger partial charge in [-0.3, -0.25) is 10.1 Å². The molecule has 1 aliphatic carbocycles. The van der Waals surface area contributed by atoms with Gasteiger partial charge in [-0.25, -0.2) is 0 Å². The van der Waals surface area contributed by atoms with Gasteiger partial charge < -0.3 is 35.0 Å². The first-order valence-electron chi connectivity index (χ1n) is 21.5. The fraction of sp³-hybridized carbons (Fsp3) is 0.420. The third kappa shape index (κ3) is 9.30. The third-order valence-corrected chi connectivity index (χ3v) is 12.5. The largest absolute Gasteiger partial charge is 0.465 e. The fourth-order valence-electron chi connectivity index (χ4n) is 9.09. The molecule has 2 aliphatic heterocycles. The summed E-state index contributed by atoms with van der Waals surface area (Å²) in [6, 6.07) is 22.2. The van der Waals surface area contributed by atoms with Crippen molar-refractivity contribution in [2.45, 2.75) is 115 Å². The summed E-state index contributed by atoms with van der Waals surface area (Å²) in [7, 11) is 0. The van der Waals surface area contributed by atoms with Gasteiger partial charge in [-0.2, -0.15) is 0 Å².